The van der Waals surface area contributed by atoms with Crippen LogP contribution in [0.25, 0.3) is 17.4 Å². The number of furan rings is 1. The number of nitro benzene ring substituents is 1. The average molecular weight is 340 g/mol. The van der Waals surface area contributed by atoms with Gasteiger partial charge in [-0.3, -0.25) is 10.1 Å². The number of hydrogen-bond acceptors (Lipinski definition) is 6. The number of unbranched alkanes of at least 4 members (excludes halogenated alkanes) is 1. The van der Waals surface area contributed by atoms with Gasteiger partial charge in [-0.05, 0) is 18.6 Å². The van der Waals surface area contributed by atoms with Gasteiger partial charge in [-0.2, -0.15) is 5.26 Å². The van der Waals surface area contributed by atoms with E-state index in [1.165, 1.54) is 18.2 Å². The van der Waals surface area contributed by atoms with Crippen LogP contribution in [0.4, 0.5) is 5.69 Å². The molecule has 0 saturated heterocycles. The van der Waals surface area contributed by atoms with Crippen LogP contribution in [0, 0.1) is 21.4 Å². The van der Waals surface area contributed by atoms with E-state index >= 15 is 0 Å². The Kier molecular flexibility index (Phi) is 6.07. The molecule has 0 radical (unpaired) electrons. The molecule has 0 unspecified atom stereocenters. The van der Waals surface area contributed by atoms with Crippen molar-refractivity contribution in [1.82, 2.24) is 0 Å². The Morgan fingerprint density at radius 2 is 2.20 bits per heavy atom. The number of carbonyl (C=O) groups is 1. The number of carbonyl (C=O) groups excluding carboxylic acids is 1. The van der Waals surface area contributed by atoms with Gasteiger partial charge >= 0.3 is 5.97 Å². The van der Waals surface area contributed by atoms with E-state index in [4.69, 9.17) is 14.4 Å². The van der Waals surface area contributed by atoms with Crippen molar-refractivity contribution in [2.24, 2.45) is 0 Å². The summed E-state index contributed by atoms with van der Waals surface area (Å²) in [5, 5.41) is 19.9. The summed E-state index contributed by atoms with van der Waals surface area (Å²) in [5.41, 5.74) is 0.303. The Morgan fingerprint density at radius 1 is 1.40 bits per heavy atom. The van der Waals surface area contributed by atoms with Crippen LogP contribution >= 0.6 is 0 Å². The molecule has 0 bridgehead atoms. The summed E-state index contributed by atoms with van der Waals surface area (Å²) in [6, 6.07) is 11.0. The van der Waals surface area contributed by atoms with E-state index in [-0.39, 0.29) is 23.6 Å². The number of nitrogens with zero attached hydrogens (tertiary/aromatic N) is 2. The van der Waals surface area contributed by atoms with Crippen LogP contribution in [0.2, 0.25) is 0 Å². The molecule has 25 heavy (non-hydrogen) atoms. The van der Waals surface area contributed by atoms with Gasteiger partial charge in [-0.25, -0.2) is 4.79 Å². The number of non-ortho nitro benzene ring substituents is 1. The van der Waals surface area contributed by atoms with Crippen LogP contribution in [0.15, 0.2) is 46.4 Å². The molecule has 2 aromatic rings. The summed E-state index contributed by atoms with van der Waals surface area (Å²) in [6.45, 7) is 2.22. The number of nitriles is 1. The van der Waals surface area contributed by atoms with E-state index in [1.807, 2.05) is 6.92 Å². The van der Waals surface area contributed by atoms with Gasteiger partial charge in [0.1, 0.15) is 23.2 Å². The van der Waals surface area contributed by atoms with Crippen LogP contribution in [0.5, 0.6) is 0 Å². The van der Waals surface area contributed by atoms with Gasteiger partial charge in [0.15, 0.2) is 0 Å². The lowest BCUT2D eigenvalue weighted by Crippen LogP contribution is -2.07. The lowest BCUT2D eigenvalue weighted by molar-refractivity contribution is -0.384. The lowest BCUT2D eigenvalue weighted by Gasteiger charge is -2.01. The third kappa shape index (κ3) is 4.78. The second kappa shape index (κ2) is 8.45. The molecule has 1 heterocycles. The van der Waals surface area contributed by atoms with E-state index in [1.54, 1.807) is 30.3 Å². The number of benzene rings is 1. The van der Waals surface area contributed by atoms with Crippen LogP contribution in [0.1, 0.15) is 25.5 Å². The molecule has 0 N–H and O–H groups in total. The first-order valence-corrected chi connectivity index (χ1v) is 7.68. The van der Waals surface area contributed by atoms with Gasteiger partial charge in [0.2, 0.25) is 0 Å². The highest BCUT2D eigenvalue weighted by Crippen LogP contribution is 2.26. The minimum absolute atomic E-state index is 0.0526. The molecule has 1 aromatic heterocycles. The van der Waals surface area contributed by atoms with E-state index in [0.717, 1.165) is 12.8 Å². The van der Waals surface area contributed by atoms with E-state index in [9.17, 15) is 14.9 Å². The topological polar surface area (TPSA) is 106 Å². The zero-order chi connectivity index (χ0) is 18.2. The van der Waals surface area contributed by atoms with Crippen molar-refractivity contribution in [2.45, 2.75) is 19.8 Å². The monoisotopic (exact) mass is 340 g/mol. The molecule has 0 saturated carbocycles. The van der Waals surface area contributed by atoms with E-state index < -0.39 is 10.9 Å². The van der Waals surface area contributed by atoms with Gasteiger partial charge in [0.05, 0.1) is 11.5 Å². The molecule has 0 atom stereocenters. The molecule has 0 amide bonds. The summed E-state index contributed by atoms with van der Waals surface area (Å²) < 4.78 is 10.5. The minimum Gasteiger partial charge on any atom is -0.462 e. The van der Waals surface area contributed by atoms with Crippen molar-refractivity contribution in [3.05, 3.63) is 57.8 Å². The van der Waals surface area contributed by atoms with Gasteiger partial charge < -0.3 is 9.15 Å². The first-order valence-electron chi connectivity index (χ1n) is 7.68. The normalized spacial score (nSPS) is 11.0. The molecule has 0 aliphatic heterocycles. The maximum absolute atomic E-state index is 11.8. The number of ether oxygens (including phenoxy) is 1. The van der Waals surface area contributed by atoms with E-state index in [2.05, 4.69) is 0 Å². The Balaban J connectivity index is 2.19. The molecule has 128 valence electrons. The van der Waals surface area contributed by atoms with Gasteiger partial charge in [-0.1, -0.05) is 25.5 Å². The largest absolute Gasteiger partial charge is 0.462 e. The number of esters is 1. The maximum atomic E-state index is 11.8. The van der Waals surface area contributed by atoms with Crippen LogP contribution < -0.4 is 0 Å². The fourth-order valence-corrected chi connectivity index (χ4v) is 2.02. The number of nitro groups is 1. The molecule has 2 rings (SSSR count). The second-order valence-corrected chi connectivity index (χ2v) is 5.17. The average Bonchev–Trinajstić information content (AvgIpc) is 3.08. The highest BCUT2D eigenvalue weighted by Gasteiger charge is 2.13. The van der Waals surface area contributed by atoms with Crippen molar-refractivity contribution >= 4 is 17.7 Å². The van der Waals surface area contributed by atoms with Crippen molar-refractivity contribution in [3.8, 4) is 17.4 Å². The Morgan fingerprint density at radius 3 is 2.88 bits per heavy atom. The predicted octanol–water partition coefficient (Wildman–Crippen LogP) is 4.11. The third-order valence-corrected chi connectivity index (χ3v) is 3.33. The predicted molar refractivity (Wildman–Crippen MR) is 90.3 cm³/mol. The Labute approximate surface area is 144 Å². The molecule has 0 spiro atoms. The SMILES string of the molecule is CCCCOC(=O)C(C#N)=Cc1ccc(-c2cccc([N+](=O)[O-])c2)o1. The van der Waals surface area contributed by atoms with Crippen molar-refractivity contribution in [1.29, 1.82) is 5.26 Å². The highest BCUT2D eigenvalue weighted by atomic mass is 16.6. The fourth-order valence-electron chi connectivity index (χ4n) is 2.02. The molecule has 0 aliphatic carbocycles. The fraction of sp³-hybridized carbons (Fsp3) is 0.222. The van der Waals surface area contributed by atoms with Crippen LogP contribution in [-0.2, 0) is 9.53 Å². The summed E-state index contributed by atoms with van der Waals surface area (Å²) in [5.74, 6) is -0.0265. The maximum Gasteiger partial charge on any atom is 0.349 e. The zero-order valence-corrected chi connectivity index (χ0v) is 13.6. The van der Waals surface area contributed by atoms with E-state index in [0.29, 0.717) is 11.3 Å². The highest BCUT2D eigenvalue weighted by molar-refractivity contribution is 5.97. The standard InChI is InChI=1S/C18H16N2O5/c1-2-3-9-24-18(21)14(12-19)11-16-7-8-17(25-16)13-5-4-6-15(10-13)20(22)23/h4-8,10-11H,2-3,9H2,1H3. The van der Waals surface area contributed by atoms with Crippen molar-refractivity contribution in [3.63, 3.8) is 0 Å². The molecule has 1 aromatic carbocycles. The van der Waals surface area contributed by atoms with Crippen LogP contribution in [0.3, 0.4) is 0 Å². The lowest BCUT2D eigenvalue weighted by atomic mass is 10.1. The molecule has 7 heteroatoms. The minimum atomic E-state index is -0.704. The van der Waals surface area contributed by atoms with Gasteiger partial charge in [0.25, 0.3) is 5.69 Å². The first-order chi connectivity index (χ1) is 12.0. The summed E-state index contributed by atoms with van der Waals surface area (Å²) in [6.07, 6.45) is 2.89. The molecule has 0 fully saturated rings. The second-order valence-electron chi connectivity index (χ2n) is 5.17. The molecular formula is C18H16N2O5. The number of rotatable bonds is 7. The molecule has 0 aliphatic rings. The Hall–Kier alpha value is -3.40. The quantitative estimate of drug-likeness (QED) is 0.187. The molecular weight excluding hydrogens is 324 g/mol. The van der Waals surface area contributed by atoms with Gasteiger partial charge in [-0.15, -0.1) is 0 Å². The summed E-state index contributed by atoms with van der Waals surface area (Å²) >= 11 is 0. The first kappa shape index (κ1) is 17.9. The van der Waals surface area contributed by atoms with Gasteiger partial charge in [0, 0.05) is 23.8 Å². The summed E-state index contributed by atoms with van der Waals surface area (Å²) in [7, 11) is 0. The van der Waals surface area contributed by atoms with Crippen LogP contribution in [-0.4, -0.2) is 17.5 Å². The van der Waals surface area contributed by atoms with Crippen molar-refractivity contribution < 1.29 is 18.9 Å². The van der Waals surface area contributed by atoms with Crippen molar-refractivity contribution in [2.75, 3.05) is 6.61 Å². The zero-order valence-electron chi connectivity index (χ0n) is 13.6. The summed E-state index contributed by atoms with van der Waals surface area (Å²) in [4.78, 5) is 22.2. The Bertz CT molecular complexity index is 845. The third-order valence-electron chi connectivity index (χ3n) is 3.33. The smallest absolute Gasteiger partial charge is 0.349 e. The molecule has 7 nitrogen and oxygen atoms in total. The number of hydrogen-bond donors (Lipinski definition) is 0.